The Kier molecular flexibility index (Phi) is 4.11. The van der Waals surface area contributed by atoms with Crippen LogP contribution in [0.5, 0.6) is 11.5 Å². The number of para-hydroxylation sites is 1. The molecule has 0 aliphatic rings. The van der Waals surface area contributed by atoms with Gasteiger partial charge in [-0.3, -0.25) is 0 Å². The number of carbonyl (C=O) groups is 1. The fourth-order valence-electron chi connectivity index (χ4n) is 1.94. The highest BCUT2D eigenvalue weighted by Crippen LogP contribution is 2.29. The van der Waals surface area contributed by atoms with Gasteiger partial charge in [-0.05, 0) is 47.9 Å². The number of hydrogen-bond acceptors (Lipinski definition) is 6. The van der Waals surface area contributed by atoms with E-state index in [1.165, 1.54) is 11.5 Å². The number of hydrogen-bond donors (Lipinski definition) is 0. The summed E-state index contributed by atoms with van der Waals surface area (Å²) >= 11 is 1.25. The van der Waals surface area contributed by atoms with Gasteiger partial charge in [-0.15, -0.1) is 5.10 Å². The van der Waals surface area contributed by atoms with E-state index in [-0.39, 0.29) is 0 Å². The number of nitrogens with zero attached hydrogens (tertiary/aromatic N) is 2. The molecule has 0 unspecified atom stereocenters. The average molecular weight is 312 g/mol. The van der Waals surface area contributed by atoms with Crippen LogP contribution in [0.4, 0.5) is 0 Å². The molecule has 0 N–H and O–H groups in total. The molecule has 0 aliphatic heterocycles. The molecule has 0 atom stereocenters. The van der Waals surface area contributed by atoms with Crippen molar-refractivity contribution in [2.45, 2.75) is 0 Å². The second kappa shape index (κ2) is 6.36. The maximum atomic E-state index is 12.2. The molecule has 0 saturated carbocycles. The van der Waals surface area contributed by atoms with Gasteiger partial charge in [0.05, 0.1) is 12.7 Å². The van der Waals surface area contributed by atoms with Crippen molar-refractivity contribution >= 4 is 17.5 Å². The molecule has 1 heterocycles. The van der Waals surface area contributed by atoms with Gasteiger partial charge in [0.1, 0.15) is 17.2 Å². The van der Waals surface area contributed by atoms with Crippen LogP contribution in [0.15, 0.2) is 53.9 Å². The molecule has 0 radical (unpaired) electrons. The third kappa shape index (κ3) is 2.96. The molecule has 22 heavy (non-hydrogen) atoms. The minimum absolute atomic E-state index is 0.432. The standard InChI is InChI=1S/C16H12N2O3S/c1-20-12-8-6-11(7-9-12)16(19)21-15-5-3-2-4-13(15)14-10-22-18-17-14/h2-10H,1H3. The average Bonchev–Trinajstić information content (AvgIpc) is 3.10. The van der Waals surface area contributed by atoms with Crippen LogP contribution >= 0.6 is 11.5 Å². The minimum atomic E-state index is -0.432. The van der Waals surface area contributed by atoms with Crippen LogP contribution in [0.25, 0.3) is 11.3 Å². The number of ether oxygens (including phenoxy) is 2. The summed E-state index contributed by atoms with van der Waals surface area (Å²) < 4.78 is 14.4. The summed E-state index contributed by atoms with van der Waals surface area (Å²) in [4.78, 5) is 12.2. The zero-order valence-corrected chi connectivity index (χ0v) is 12.5. The molecule has 1 aromatic heterocycles. The minimum Gasteiger partial charge on any atom is -0.497 e. The van der Waals surface area contributed by atoms with Crippen molar-refractivity contribution in [2.24, 2.45) is 0 Å². The van der Waals surface area contributed by atoms with Crippen molar-refractivity contribution in [2.75, 3.05) is 7.11 Å². The smallest absolute Gasteiger partial charge is 0.343 e. The summed E-state index contributed by atoms with van der Waals surface area (Å²) in [6, 6.07) is 14.0. The van der Waals surface area contributed by atoms with Gasteiger partial charge in [0.25, 0.3) is 0 Å². The van der Waals surface area contributed by atoms with E-state index in [1.54, 1.807) is 48.9 Å². The van der Waals surface area contributed by atoms with Gasteiger partial charge >= 0.3 is 5.97 Å². The van der Waals surface area contributed by atoms with Crippen LogP contribution in [0, 0.1) is 0 Å². The van der Waals surface area contributed by atoms with Crippen LogP contribution in [-0.2, 0) is 0 Å². The number of rotatable bonds is 4. The van der Waals surface area contributed by atoms with Crippen LogP contribution < -0.4 is 9.47 Å². The third-order valence-corrected chi connectivity index (χ3v) is 3.56. The molecule has 0 bridgehead atoms. The zero-order chi connectivity index (χ0) is 15.4. The summed E-state index contributed by atoms with van der Waals surface area (Å²) in [6.45, 7) is 0. The highest BCUT2D eigenvalue weighted by atomic mass is 32.1. The van der Waals surface area contributed by atoms with Gasteiger partial charge in [-0.25, -0.2) is 4.79 Å². The summed E-state index contributed by atoms with van der Waals surface area (Å²) in [6.07, 6.45) is 0. The van der Waals surface area contributed by atoms with Gasteiger partial charge in [-0.2, -0.15) is 0 Å². The monoisotopic (exact) mass is 312 g/mol. The van der Waals surface area contributed by atoms with Crippen molar-refractivity contribution in [1.82, 2.24) is 9.59 Å². The topological polar surface area (TPSA) is 61.3 Å². The van der Waals surface area contributed by atoms with E-state index in [4.69, 9.17) is 9.47 Å². The van der Waals surface area contributed by atoms with Crippen molar-refractivity contribution < 1.29 is 14.3 Å². The zero-order valence-electron chi connectivity index (χ0n) is 11.7. The Labute approximate surface area is 131 Å². The van der Waals surface area contributed by atoms with Crippen molar-refractivity contribution in [3.05, 3.63) is 59.5 Å². The fraction of sp³-hybridized carbons (Fsp3) is 0.0625. The summed E-state index contributed by atoms with van der Waals surface area (Å²) in [5.41, 5.74) is 1.87. The number of esters is 1. The number of methoxy groups -OCH3 is 1. The van der Waals surface area contributed by atoms with Crippen LogP contribution in [-0.4, -0.2) is 22.7 Å². The lowest BCUT2D eigenvalue weighted by molar-refractivity contribution is 0.0735. The first-order chi connectivity index (χ1) is 10.8. The molecule has 0 saturated heterocycles. The van der Waals surface area contributed by atoms with Crippen LogP contribution in [0.1, 0.15) is 10.4 Å². The maximum absolute atomic E-state index is 12.2. The highest BCUT2D eigenvalue weighted by molar-refractivity contribution is 7.03. The molecule has 0 amide bonds. The molecule has 0 aliphatic carbocycles. The Morgan fingerprint density at radius 2 is 1.86 bits per heavy atom. The molecule has 6 heteroatoms. The lowest BCUT2D eigenvalue weighted by Gasteiger charge is -2.08. The number of aromatic nitrogens is 2. The normalized spacial score (nSPS) is 10.2. The second-order valence-electron chi connectivity index (χ2n) is 4.40. The van der Waals surface area contributed by atoms with Crippen LogP contribution in [0.3, 0.4) is 0 Å². The fourth-order valence-corrected chi connectivity index (χ4v) is 2.39. The molecular weight excluding hydrogens is 300 g/mol. The Morgan fingerprint density at radius 1 is 1.09 bits per heavy atom. The molecule has 3 rings (SSSR count). The van der Waals surface area contributed by atoms with E-state index < -0.39 is 5.97 Å². The van der Waals surface area contributed by atoms with Crippen molar-refractivity contribution in [3.63, 3.8) is 0 Å². The Bertz CT molecular complexity index is 770. The lowest BCUT2D eigenvalue weighted by atomic mass is 10.1. The summed E-state index contributed by atoms with van der Waals surface area (Å²) in [5.74, 6) is 0.708. The molecule has 3 aromatic rings. The summed E-state index contributed by atoms with van der Waals surface area (Å²) in [7, 11) is 1.57. The third-order valence-electron chi connectivity index (χ3n) is 3.05. The first-order valence-corrected chi connectivity index (χ1v) is 7.34. The van der Waals surface area contributed by atoms with E-state index in [2.05, 4.69) is 9.59 Å². The molecule has 0 fully saturated rings. The van der Waals surface area contributed by atoms with Gasteiger partial charge in [0, 0.05) is 10.9 Å². The highest BCUT2D eigenvalue weighted by Gasteiger charge is 2.14. The predicted molar refractivity (Wildman–Crippen MR) is 83.3 cm³/mol. The Morgan fingerprint density at radius 3 is 2.55 bits per heavy atom. The first kappa shape index (κ1) is 14.2. The Hall–Kier alpha value is -2.73. The van der Waals surface area contributed by atoms with E-state index in [9.17, 15) is 4.79 Å². The lowest BCUT2D eigenvalue weighted by Crippen LogP contribution is -2.09. The van der Waals surface area contributed by atoms with Gasteiger partial charge in [-0.1, -0.05) is 16.6 Å². The van der Waals surface area contributed by atoms with Gasteiger partial charge in [0.2, 0.25) is 0 Å². The first-order valence-electron chi connectivity index (χ1n) is 6.50. The second-order valence-corrected chi connectivity index (χ2v) is 5.01. The van der Waals surface area contributed by atoms with Crippen LogP contribution in [0.2, 0.25) is 0 Å². The quantitative estimate of drug-likeness (QED) is 0.545. The van der Waals surface area contributed by atoms with Gasteiger partial charge in [0.15, 0.2) is 0 Å². The summed E-state index contributed by atoms with van der Waals surface area (Å²) in [5, 5.41) is 5.82. The SMILES string of the molecule is COc1ccc(C(=O)Oc2ccccc2-c2csnn2)cc1. The van der Waals surface area contributed by atoms with E-state index in [1.807, 2.05) is 12.1 Å². The predicted octanol–water partition coefficient (Wildman–Crippen LogP) is 3.43. The molecule has 2 aromatic carbocycles. The maximum Gasteiger partial charge on any atom is 0.343 e. The van der Waals surface area contributed by atoms with E-state index in [0.29, 0.717) is 22.8 Å². The molecule has 110 valence electrons. The largest absolute Gasteiger partial charge is 0.497 e. The molecule has 5 nitrogen and oxygen atoms in total. The van der Waals surface area contributed by atoms with Crippen molar-refractivity contribution in [3.8, 4) is 22.8 Å². The Balaban J connectivity index is 1.85. The number of benzene rings is 2. The van der Waals surface area contributed by atoms with E-state index in [0.717, 1.165) is 5.56 Å². The van der Waals surface area contributed by atoms with Gasteiger partial charge < -0.3 is 9.47 Å². The van der Waals surface area contributed by atoms with Crippen molar-refractivity contribution in [1.29, 1.82) is 0 Å². The number of carbonyl (C=O) groups excluding carboxylic acids is 1. The molecule has 0 spiro atoms. The molecular formula is C16H12N2O3S. The van der Waals surface area contributed by atoms with E-state index >= 15 is 0 Å².